The van der Waals surface area contributed by atoms with Crippen LogP contribution in [0.2, 0.25) is 5.02 Å². The Morgan fingerprint density at radius 1 is 0.933 bits per heavy atom. The van der Waals surface area contributed by atoms with Crippen molar-refractivity contribution in [3.8, 4) is 5.69 Å². The van der Waals surface area contributed by atoms with Crippen LogP contribution in [0, 0.1) is 6.92 Å². The molecular formula is C23H23ClN6. The van der Waals surface area contributed by atoms with Gasteiger partial charge in [0.25, 0.3) is 0 Å². The van der Waals surface area contributed by atoms with Gasteiger partial charge < -0.3 is 9.80 Å². The lowest BCUT2D eigenvalue weighted by Gasteiger charge is -2.42. The average Bonchev–Trinajstić information content (AvgIpc) is 3.19. The number of halogens is 1. The molecule has 2 aromatic heterocycles. The minimum absolute atomic E-state index is 0.373. The van der Waals surface area contributed by atoms with Crippen molar-refractivity contribution in [3.05, 3.63) is 71.6 Å². The molecule has 1 atom stereocenters. The molecule has 152 valence electrons. The van der Waals surface area contributed by atoms with Gasteiger partial charge in [0.1, 0.15) is 12.1 Å². The zero-order chi connectivity index (χ0) is 20.7. The number of nitrogens with zero attached hydrogens (tertiary/aromatic N) is 6. The van der Waals surface area contributed by atoms with Gasteiger partial charge in [-0.25, -0.2) is 14.6 Å². The van der Waals surface area contributed by atoms with Crippen LogP contribution in [0.5, 0.6) is 0 Å². The summed E-state index contributed by atoms with van der Waals surface area (Å²) in [6.07, 6.45) is 3.49. The number of anilines is 2. The van der Waals surface area contributed by atoms with Gasteiger partial charge in [-0.15, -0.1) is 0 Å². The molecule has 0 saturated carbocycles. The van der Waals surface area contributed by atoms with Crippen LogP contribution in [0.4, 0.5) is 11.5 Å². The van der Waals surface area contributed by atoms with Gasteiger partial charge in [0.05, 0.1) is 17.3 Å². The number of aromatic nitrogens is 4. The predicted octanol–water partition coefficient (Wildman–Crippen LogP) is 4.49. The fraction of sp³-hybridized carbons (Fsp3) is 0.261. The zero-order valence-corrected chi connectivity index (χ0v) is 17.8. The molecule has 1 saturated heterocycles. The number of hydrogen-bond donors (Lipinski definition) is 0. The summed E-state index contributed by atoms with van der Waals surface area (Å²) in [7, 11) is 0. The van der Waals surface area contributed by atoms with E-state index >= 15 is 0 Å². The summed E-state index contributed by atoms with van der Waals surface area (Å²) >= 11 is 6.03. The maximum Gasteiger partial charge on any atom is 0.168 e. The van der Waals surface area contributed by atoms with Crippen molar-refractivity contribution in [1.82, 2.24) is 19.7 Å². The minimum Gasteiger partial charge on any atom is -0.365 e. The summed E-state index contributed by atoms with van der Waals surface area (Å²) in [6.45, 7) is 7.13. The zero-order valence-electron chi connectivity index (χ0n) is 17.0. The first-order valence-electron chi connectivity index (χ1n) is 10.1. The van der Waals surface area contributed by atoms with Crippen molar-refractivity contribution in [2.45, 2.75) is 19.9 Å². The van der Waals surface area contributed by atoms with Crippen molar-refractivity contribution >= 4 is 34.1 Å². The number of piperazine rings is 1. The number of hydrogen-bond acceptors (Lipinski definition) is 5. The second kappa shape index (κ2) is 7.61. The van der Waals surface area contributed by atoms with E-state index in [4.69, 9.17) is 11.6 Å². The summed E-state index contributed by atoms with van der Waals surface area (Å²) < 4.78 is 1.84. The first kappa shape index (κ1) is 18.9. The van der Waals surface area contributed by atoms with E-state index in [-0.39, 0.29) is 0 Å². The third-order valence-corrected chi connectivity index (χ3v) is 5.96. The van der Waals surface area contributed by atoms with E-state index in [2.05, 4.69) is 63.0 Å². The molecule has 0 bridgehead atoms. The molecule has 0 aliphatic carbocycles. The highest BCUT2D eigenvalue weighted by Crippen LogP contribution is 2.28. The van der Waals surface area contributed by atoms with Crippen LogP contribution in [-0.4, -0.2) is 45.4 Å². The molecule has 2 aromatic carbocycles. The number of aryl methyl sites for hydroxylation is 1. The molecule has 7 heteroatoms. The molecule has 4 aromatic rings. The normalized spacial score (nSPS) is 17.0. The fourth-order valence-electron chi connectivity index (χ4n) is 4.12. The highest BCUT2D eigenvalue weighted by atomic mass is 35.5. The average molecular weight is 419 g/mol. The second-order valence-corrected chi connectivity index (χ2v) is 8.23. The summed E-state index contributed by atoms with van der Waals surface area (Å²) in [5.74, 6) is 0.940. The molecule has 1 aliphatic heterocycles. The first-order valence-corrected chi connectivity index (χ1v) is 10.5. The standard InChI is InChI=1S/C23H23ClN6/c1-16-3-7-19(8-4-16)29-12-11-28(14-17(29)2)22-21-13-27-30(23(21)26-15-25-22)20-9-5-18(24)6-10-20/h3-10,13,15,17H,11-12,14H2,1-2H3. The van der Waals surface area contributed by atoms with Gasteiger partial charge in [0.15, 0.2) is 5.65 Å². The van der Waals surface area contributed by atoms with Crippen LogP contribution in [0.3, 0.4) is 0 Å². The number of benzene rings is 2. The Labute approximate surface area is 180 Å². The van der Waals surface area contributed by atoms with Crippen LogP contribution in [-0.2, 0) is 0 Å². The molecular weight excluding hydrogens is 396 g/mol. The number of rotatable bonds is 3. The van der Waals surface area contributed by atoms with E-state index < -0.39 is 0 Å². The SMILES string of the molecule is Cc1ccc(N2CCN(c3ncnc4c3cnn4-c3ccc(Cl)cc3)CC2C)cc1. The van der Waals surface area contributed by atoms with Gasteiger partial charge >= 0.3 is 0 Å². The first-order chi connectivity index (χ1) is 14.6. The Morgan fingerprint density at radius 2 is 1.67 bits per heavy atom. The quantitative estimate of drug-likeness (QED) is 0.490. The summed E-state index contributed by atoms with van der Waals surface area (Å²) in [6, 6.07) is 16.7. The van der Waals surface area contributed by atoms with Gasteiger partial charge in [-0.1, -0.05) is 29.3 Å². The van der Waals surface area contributed by atoms with Crippen LogP contribution < -0.4 is 9.80 Å². The lowest BCUT2D eigenvalue weighted by Crippen LogP contribution is -2.52. The maximum atomic E-state index is 6.03. The molecule has 0 amide bonds. The highest BCUT2D eigenvalue weighted by molar-refractivity contribution is 6.30. The van der Waals surface area contributed by atoms with E-state index in [1.165, 1.54) is 11.3 Å². The second-order valence-electron chi connectivity index (χ2n) is 7.79. The van der Waals surface area contributed by atoms with Gasteiger partial charge in [0.2, 0.25) is 0 Å². The molecule has 1 fully saturated rings. The Hall–Kier alpha value is -3.12. The summed E-state index contributed by atoms with van der Waals surface area (Å²) in [4.78, 5) is 13.9. The topological polar surface area (TPSA) is 50.1 Å². The lowest BCUT2D eigenvalue weighted by molar-refractivity contribution is 0.548. The smallest absolute Gasteiger partial charge is 0.168 e. The fourth-order valence-corrected chi connectivity index (χ4v) is 4.25. The van der Waals surface area contributed by atoms with E-state index in [0.717, 1.165) is 42.2 Å². The van der Waals surface area contributed by atoms with Gasteiger partial charge in [-0.05, 0) is 50.2 Å². The van der Waals surface area contributed by atoms with Gasteiger partial charge in [-0.3, -0.25) is 0 Å². The molecule has 0 radical (unpaired) electrons. The lowest BCUT2D eigenvalue weighted by atomic mass is 10.1. The Balaban J connectivity index is 1.43. The van der Waals surface area contributed by atoms with Crippen molar-refractivity contribution in [2.24, 2.45) is 0 Å². The van der Waals surface area contributed by atoms with Crippen molar-refractivity contribution in [3.63, 3.8) is 0 Å². The van der Waals surface area contributed by atoms with E-state index in [9.17, 15) is 0 Å². The van der Waals surface area contributed by atoms with Gasteiger partial charge in [-0.2, -0.15) is 5.10 Å². The van der Waals surface area contributed by atoms with Crippen LogP contribution in [0.25, 0.3) is 16.7 Å². The molecule has 0 N–H and O–H groups in total. The maximum absolute atomic E-state index is 6.03. The molecule has 6 nitrogen and oxygen atoms in total. The third-order valence-electron chi connectivity index (χ3n) is 5.71. The Kier molecular flexibility index (Phi) is 4.79. The van der Waals surface area contributed by atoms with Crippen molar-refractivity contribution < 1.29 is 0 Å². The molecule has 3 heterocycles. The van der Waals surface area contributed by atoms with Crippen LogP contribution >= 0.6 is 11.6 Å². The summed E-state index contributed by atoms with van der Waals surface area (Å²) in [5.41, 5.74) is 4.29. The number of fused-ring (bicyclic) bond motifs is 1. The van der Waals surface area contributed by atoms with E-state index in [0.29, 0.717) is 11.1 Å². The third kappa shape index (κ3) is 3.37. The largest absolute Gasteiger partial charge is 0.365 e. The van der Waals surface area contributed by atoms with E-state index in [1.807, 2.05) is 35.1 Å². The van der Waals surface area contributed by atoms with Gasteiger partial charge in [0, 0.05) is 36.4 Å². The van der Waals surface area contributed by atoms with Crippen molar-refractivity contribution in [2.75, 3.05) is 29.4 Å². The van der Waals surface area contributed by atoms with E-state index in [1.54, 1.807) is 6.33 Å². The minimum atomic E-state index is 0.373. The molecule has 0 spiro atoms. The molecule has 5 rings (SSSR count). The molecule has 1 aliphatic rings. The Morgan fingerprint density at radius 3 is 2.40 bits per heavy atom. The Bertz CT molecular complexity index is 1170. The predicted molar refractivity (Wildman–Crippen MR) is 122 cm³/mol. The monoisotopic (exact) mass is 418 g/mol. The van der Waals surface area contributed by atoms with Crippen LogP contribution in [0.1, 0.15) is 12.5 Å². The van der Waals surface area contributed by atoms with Crippen LogP contribution in [0.15, 0.2) is 61.1 Å². The highest BCUT2D eigenvalue weighted by Gasteiger charge is 2.26. The molecule has 30 heavy (non-hydrogen) atoms. The summed E-state index contributed by atoms with van der Waals surface area (Å²) in [5, 5.41) is 6.24. The molecule has 1 unspecified atom stereocenters. The van der Waals surface area contributed by atoms with Crippen molar-refractivity contribution in [1.29, 1.82) is 0 Å².